The first-order valence-corrected chi connectivity index (χ1v) is 28.8. The third kappa shape index (κ3) is 24.2. The van der Waals surface area contributed by atoms with Crippen molar-refractivity contribution < 1.29 is 24.0 Å². The number of aryl methyl sites for hydroxylation is 2. The lowest BCUT2D eigenvalue weighted by molar-refractivity contribution is -0.385. The van der Waals surface area contributed by atoms with E-state index < -0.39 is 33.7 Å². The van der Waals surface area contributed by atoms with E-state index >= 15 is 0 Å². The molecule has 75 heavy (non-hydrogen) atoms. The van der Waals surface area contributed by atoms with Crippen molar-refractivity contribution in [3.63, 3.8) is 0 Å². The van der Waals surface area contributed by atoms with E-state index in [0.29, 0.717) is 11.4 Å². The molecule has 0 bridgehead atoms. The van der Waals surface area contributed by atoms with Crippen LogP contribution in [0, 0.1) is 10.1 Å². The molecule has 11 heteroatoms. The van der Waals surface area contributed by atoms with E-state index in [1.807, 2.05) is 24.3 Å². The summed E-state index contributed by atoms with van der Waals surface area (Å²) < 4.78 is 11.0. The van der Waals surface area contributed by atoms with Gasteiger partial charge in [-0.1, -0.05) is 211 Å². The molecule has 11 nitrogen and oxygen atoms in total. The summed E-state index contributed by atoms with van der Waals surface area (Å²) >= 11 is 0. The van der Waals surface area contributed by atoms with E-state index in [2.05, 4.69) is 58.6 Å². The van der Waals surface area contributed by atoms with E-state index in [1.165, 1.54) is 233 Å². The molecule has 5 aromatic carbocycles. The van der Waals surface area contributed by atoms with E-state index in [9.17, 15) is 19.7 Å². The lowest BCUT2D eigenvalue weighted by Crippen LogP contribution is -2.16. The van der Waals surface area contributed by atoms with Crippen LogP contribution in [0.15, 0.2) is 136 Å². The van der Waals surface area contributed by atoms with Crippen LogP contribution in [-0.2, 0) is 12.8 Å². The number of carbonyl (C=O) groups is 2. The molecule has 402 valence electrons. The molecule has 0 fully saturated rings. The lowest BCUT2D eigenvalue weighted by atomic mass is 10.0. The van der Waals surface area contributed by atoms with Gasteiger partial charge in [-0.15, -0.1) is 0 Å². The van der Waals surface area contributed by atoms with Gasteiger partial charge in [0.05, 0.1) is 27.7 Å². The quantitative estimate of drug-likeness (QED) is 0.00957. The number of nitrogens with zero attached hydrogens (tertiary/aromatic N) is 5. The molecule has 0 heterocycles. The summed E-state index contributed by atoms with van der Waals surface area (Å²) in [5.41, 5.74) is 3.56. The number of benzene rings is 5. The van der Waals surface area contributed by atoms with Crippen LogP contribution in [0.4, 0.5) is 28.4 Å². The van der Waals surface area contributed by atoms with Crippen molar-refractivity contribution >= 4 is 40.4 Å². The van der Waals surface area contributed by atoms with Gasteiger partial charge in [-0.3, -0.25) is 10.1 Å². The molecule has 0 spiro atoms. The zero-order valence-corrected chi connectivity index (χ0v) is 45.4. The highest BCUT2D eigenvalue weighted by molar-refractivity contribution is 6.03. The summed E-state index contributed by atoms with van der Waals surface area (Å²) in [7, 11) is 0. The van der Waals surface area contributed by atoms with Crippen molar-refractivity contribution in [1.82, 2.24) is 0 Å². The smallest absolute Gasteiger partial charge is 0.350 e. The highest BCUT2D eigenvalue weighted by Gasteiger charge is 2.30. The van der Waals surface area contributed by atoms with Gasteiger partial charge in [0.15, 0.2) is 0 Å². The Morgan fingerprint density at radius 3 is 0.893 bits per heavy atom. The number of azo groups is 2. The number of unbranched alkanes of at least 4 members (excludes halogenated alkanes) is 26. The zero-order chi connectivity index (χ0) is 53.0. The highest BCUT2D eigenvalue weighted by atomic mass is 16.6. The Morgan fingerprint density at radius 1 is 0.373 bits per heavy atom. The SMILES string of the molecule is CCCCCCCCCCCCCCCCc1ccc(N=Nc2ccc(OC(=O)c3cccc(C(=O)Oc4ccc(N=Nc5ccc(CCCCCCCCCCCCCCCC)cc5)cc4)c3[N+](=O)[O-])cc2)cc1. The number of nitro groups is 1. The van der Waals surface area contributed by atoms with Crippen LogP contribution >= 0.6 is 0 Å². The first kappa shape index (κ1) is 59.5. The molecule has 0 aliphatic heterocycles. The minimum absolute atomic E-state index is 0.138. The van der Waals surface area contributed by atoms with E-state index in [4.69, 9.17) is 9.47 Å². The monoisotopic (exact) mass is 1020 g/mol. The van der Waals surface area contributed by atoms with Gasteiger partial charge in [0.25, 0.3) is 5.69 Å². The topological polar surface area (TPSA) is 145 Å². The van der Waals surface area contributed by atoms with Crippen LogP contribution < -0.4 is 9.47 Å². The van der Waals surface area contributed by atoms with Gasteiger partial charge in [-0.2, -0.15) is 20.5 Å². The summed E-state index contributed by atoms with van der Waals surface area (Å²) in [6, 6.07) is 32.7. The summed E-state index contributed by atoms with van der Waals surface area (Å²) in [5, 5.41) is 29.6. The Kier molecular flexibility index (Phi) is 29.0. The summed E-state index contributed by atoms with van der Waals surface area (Å²) in [4.78, 5) is 38.1. The van der Waals surface area contributed by atoms with Crippen molar-refractivity contribution in [2.45, 2.75) is 206 Å². The minimum atomic E-state index is -1.01. The Hall–Kier alpha value is -6.36. The largest absolute Gasteiger partial charge is 0.423 e. The highest BCUT2D eigenvalue weighted by Crippen LogP contribution is 2.30. The number of hydrogen-bond acceptors (Lipinski definition) is 10. The maximum atomic E-state index is 13.3. The van der Waals surface area contributed by atoms with Crippen molar-refractivity contribution in [3.05, 3.63) is 148 Å². The number of para-hydroxylation sites is 1. The predicted octanol–water partition coefficient (Wildman–Crippen LogP) is 20.9. The lowest BCUT2D eigenvalue weighted by Gasteiger charge is -2.09. The molecule has 5 rings (SSSR count). The fourth-order valence-electron chi connectivity index (χ4n) is 9.29. The zero-order valence-electron chi connectivity index (χ0n) is 45.4. The molecule has 0 aromatic heterocycles. The summed E-state index contributed by atoms with van der Waals surface area (Å²) in [5.74, 6) is -1.74. The molecule has 0 aliphatic carbocycles. The third-order valence-corrected chi connectivity index (χ3v) is 13.8. The molecule has 5 aromatic rings. The maximum absolute atomic E-state index is 13.3. The molecule has 0 unspecified atom stereocenters. The van der Waals surface area contributed by atoms with Crippen LogP contribution in [-0.4, -0.2) is 16.9 Å². The van der Waals surface area contributed by atoms with Crippen molar-refractivity contribution in [3.8, 4) is 11.5 Å². The molecule has 0 amide bonds. The average Bonchev–Trinajstić information content (AvgIpc) is 3.43. The predicted molar refractivity (Wildman–Crippen MR) is 305 cm³/mol. The molecular formula is C64H85N5O6. The number of ether oxygens (including phenoxy) is 2. The molecule has 0 aliphatic rings. The van der Waals surface area contributed by atoms with Gasteiger partial charge < -0.3 is 9.47 Å². The Labute approximate surface area is 448 Å². The molecule has 0 saturated heterocycles. The van der Waals surface area contributed by atoms with Gasteiger partial charge in [0.2, 0.25) is 0 Å². The molecule has 0 atom stereocenters. The van der Waals surface area contributed by atoms with Gasteiger partial charge in [0, 0.05) is 0 Å². The average molecular weight is 1020 g/mol. The summed E-state index contributed by atoms with van der Waals surface area (Å²) in [6.07, 6.45) is 39.9. The molecule has 0 N–H and O–H groups in total. The standard InChI is InChI=1S/C64H85N5O6/c1-3-5-7-9-11-13-15-17-19-21-23-25-27-29-32-52-36-40-54(41-37-52)65-67-56-44-48-58(49-45-56)74-63(70)60-34-31-35-61(62(60)69(72)73)64(71)75-59-50-46-57(47-51-59)68-66-55-42-38-53(39-43-55)33-30-28-26-24-22-20-18-16-14-12-10-8-6-4-2/h31,34-51H,3-30,32-33H2,1-2H3. The Balaban J connectivity index is 0.985. The molecule has 0 radical (unpaired) electrons. The Bertz CT molecular complexity index is 2270. The van der Waals surface area contributed by atoms with Crippen LogP contribution in [0.3, 0.4) is 0 Å². The van der Waals surface area contributed by atoms with Gasteiger partial charge in [0.1, 0.15) is 22.6 Å². The van der Waals surface area contributed by atoms with Crippen LogP contribution in [0.2, 0.25) is 0 Å². The van der Waals surface area contributed by atoms with Gasteiger partial charge >= 0.3 is 11.9 Å². The second-order valence-electron chi connectivity index (χ2n) is 20.2. The van der Waals surface area contributed by atoms with Crippen LogP contribution in [0.25, 0.3) is 0 Å². The van der Waals surface area contributed by atoms with Crippen molar-refractivity contribution in [1.29, 1.82) is 0 Å². The van der Waals surface area contributed by atoms with Crippen LogP contribution in [0.5, 0.6) is 11.5 Å². The fourth-order valence-corrected chi connectivity index (χ4v) is 9.29. The second kappa shape index (κ2) is 36.6. The first-order chi connectivity index (χ1) is 36.8. The normalized spacial score (nSPS) is 11.4. The van der Waals surface area contributed by atoms with E-state index in [-0.39, 0.29) is 11.5 Å². The number of esters is 2. The Morgan fingerprint density at radius 2 is 0.627 bits per heavy atom. The minimum Gasteiger partial charge on any atom is -0.423 e. The maximum Gasteiger partial charge on any atom is 0.350 e. The summed E-state index contributed by atoms with van der Waals surface area (Å²) in [6.45, 7) is 4.54. The van der Waals surface area contributed by atoms with Crippen molar-refractivity contribution in [2.75, 3.05) is 0 Å². The second-order valence-corrected chi connectivity index (χ2v) is 20.2. The third-order valence-electron chi connectivity index (χ3n) is 13.8. The van der Waals surface area contributed by atoms with Crippen molar-refractivity contribution in [2.24, 2.45) is 20.5 Å². The molecular weight excluding hydrogens is 935 g/mol. The van der Waals surface area contributed by atoms with Gasteiger partial charge in [-0.05, 0) is 122 Å². The van der Waals surface area contributed by atoms with Gasteiger partial charge in [-0.25, -0.2) is 9.59 Å². The first-order valence-electron chi connectivity index (χ1n) is 28.8. The van der Waals surface area contributed by atoms with Crippen LogP contribution in [0.1, 0.15) is 225 Å². The number of rotatable bonds is 39. The fraction of sp³-hybridized carbons (Fsp3) is 0.500. The molecule has 0 saturated carbocycles. The number of carbonyl (C=O) groups excluding carboxylic acids is 2. The van der Waals surface area contributed by atoms with E-state index in [1.54, 1.807) is 24.3 Å². The number of hydrogen-bond donors (Lipinski definition) is 0. The number of nitro benzene ring substituents is 1. The van der Waals surface area contributed by atoms with E-state index in [0.717, 1.165) is 24.2 Å².